The van der Waals surface area contributed by atoms with E-state index in [1.54, 1.807) is 39.2 Å². The molecule has 1 aliphatic carbocycles. The number of Topliss-reactive ketones (excluding diaryl/α,β-unsaturated/α-hetero) is 2. The molecule has 10 rings (SSSR count). The van der Waals surface area contributed by atoms with E-state index in [4.69, 9.17) is 28.7 Å². The van der Waals surface area contributed by atoms with Crippen LogP contribution >= 0.6 is 0 Å². The number of hydrogen-bond acceptors (Lipinski definition) is 15. The highest BCUT2D eigenvalue weighted by Crippen LogP contribution is 2.54. The summed E-state index contributed by atoms with van der Waals surface area (Å²) in [5.41, 5.74) is -2.69. The topological polar surface area (TPSA) is 215 Å². The molecule has 65 heavy (non-hydrogen) atoms. The van der Waals surface area contributed by atoms with Gasteiger partial charge in [-0.15, -0.1) is 0 Å². The summed E-state index contributed by atoms with van der Waals surface area (Å²) < 4.78 is 32.6. The third-order valence-electron chi connectivity index (χ3n) is 15.9. The number of phenols is 1. The molecule has 0 aromatic heterocycles. The maximum absolute atomic E-state index is 15.1. The van der Waals surface area contributed by atoms with E-state index in [9.17, 15) is 24.6 Å². The highest BCUT2D eigenvalue weighted by Gasteiger charge is 2.61. The first-order valence-electron chi connectivity index (χ1n) is 22.9. The lowest BCUT2D eigenvalue weighted by molar-refractivity contribution is -0.201. The van der Waals surface area contributed by atoms with Crippen LogP contribution in [0.5, 0.6) is 11.5 Å². The number of nitrogens with zero attached hydrogens (tertiary/aromatic N) is 1. The van der Waals surface area contributed by atoms with Crippen molar-refractivity contribution in [3.8, 4) is 11.5 Å². The number of benzene rings is 1. The van der Waals surface area contributed by atoms with Crippen molar-refractivity contribution in [1.82, 2.24) is 21.3 Å². The van der Waals surface area contributed by atoms with Gasteiger partial charge in [-0.05, 0) is 31.8 Å². The lowest BCUT2D eigenvalue weighted by Gasteiger charge is -2.55. The molecule has 5 unspecified atom stereocenters. The average molecular weight is 898 g/mol. The standard InChI is InChI=1S/C49H63N5O11/c1-21(2)31-28-19-50-49(25(6)40(28)57)23(4)14-12-13-22(3)45(60)52-38-37-36-33-34(41(38)58)39(56)24(5)42-35(33)43(59)47(10,65-42)62-16-15-30(61-11)46(8,9)44(64-26(7)55)32(31)29-18-48(53-36,54-37)17-27(51-29)20-63-49/h12-16,21,23,25,27-32,40,44,50-51,54,56-57H,17-20H2,1-11H3,(H,52,60)/b14-12+,16-15+,22-13+/t23-,25-,27?,28?,29?,30-,31?,32+,40+,44-,47-,48?,49-/m0/s1. The second-order valence-electron chi connectivity index (χ2n) is 20.6. The lowest BCUT2D eigenvalue weighted by Crippen LogP contribution is -2.68. The second-order valence-corrected chi connectivity index (χ2v) is 20.6. The SMILES string of the molecule is CO[C@H]1/C=C/O[C@@]2(C)Oc3c(C)c(O)c4c(c3C2=O)C2=NC35CC6CO[C@@]7(NCC(C(C(C)C)[C@@H](C(C3)N6)[C@H](OC(C)=O)C1(C)C)[C@H](O)[C@@H]7C)[C@@H](C)/C=C/C=C(\C)C(=O)NC(=C2N5)C4=O. The Balaban J connectivity index is 1.39. The van der Waals surface area contributed by atoms with Gasteiger partial charge in [0.05, 0.1) is 47.6 Å². The van der Waals surface area contributed by atoms with Crippen LogP contribution < -0.4 is 26.0 Å². The predicted molar refractivity (Wildman–Crippen MR) is 238 cm³/mol. The van der Waals surface area contributed by atoms with Gasteiger partial charge in [-0.3, -0.25) is 29.5 Å². The Labute approximate surface area is 379 Å². The molecule has 4 saturated heterocycles. The van der Waals surface area contributed by atoms with E-state index in [0.717, 1.165) is 0 Å². The highest BCUT2D eigenvalue weighted by atomic mass is 16.7. The maximum atomic E-state index is 15.1. The van der Waals surface area contributed by atoms with Crippen LogP contribution in [0, 0.1) is 47.8 Å². The fraction of sp³-hybridized carbons (Fsp3) is 0.612. The van der Waals surface area contributed by atoms with Gasteiger partial charge in [-0.2, -0.15) is 0 Å². The Bertz CT molecular complexity index is 2420. The van der Waals surface area contributed by atoms with Gasteiger partial charge < -0.3 is 49.8 Å². The van der Waals surface area contributed by atoms with Crippen molar-refractivity contribution in [1.29, 1.82) is 0 Å². The number of hydrogen-bond donors (Lipinski definition) is 6. The minimum atomic E-state index is -1.96. The first kappa shape index (κ1) is 45.3. The number of rotatable bonds is 3. The summed E-state index contributed by atoms with van der Waals surface area (Å²) in [5.74, 6) is -6.73. The molecule has 9 aliphatic rings. The first-order valence-corrected chi connectivity index (χ1v) is 22.9. The fourth-order valence-electron chi connectivity index (χ4n) is 12.6. The molecule has 8 aliphatic heterocycles. The number of allylic oxidation sites excluding steroid dienone is 4. The predicted octanol–water partition coefficient (Wildman–Crippen LogP) is 4.23. The minimum Gasteiger partial charge on any atom is -0.507 e. The zero-order valence-electron chi connectivity index (χ0n) is 39.1. The summed E-state index contributed by atoms with van der Waals surface area (Å²) in [4.78, 5) is 63.2. The summed E-state index contributed by atoms with van der Waals surface area (Å²) in [7, 11) is 1.56. The molecular weight excluding hydrogens is 835 g/mol. The third kappa shape index (κ3) is 6.75. The Morgan fingerprint density at radius 3 is 2.46 bits per heavy atom. The van der Waals surface area contributed by atoms with Crippen molar-refractivity contribution < 1.29 is 53.1 Å². The van der Waals surface area contributed by atoms with E-state index in [1.165, 1.54) is 20.1 Å². The number of ether oxygens (including phenoxy) is 5. The van der Waals surface area contributed by atoms with Crippen LogP contribution in [-0.2, 0) is 28.5 Å². The number of carbonyl (C=O) groups excluding carboxylic acids is 4. The quantitative estimate of drug-likeness (QED) is 0.235. The van der Waals surface area contributed by atoms with Crippen LogP contribution in [0.25, 0.3) is 0 Å². The van der Waals surface area contributed by atoms with Crippen molar-refractivity contribution in [2.75, 3.05) is 20.3 Å². The molecule has 2 spiro atoms. The van der Waals surface area contributed by atoms with Crippen LogP contribution in [0.15, 0.2) is 52.5 Å². The highest BCUT2D eigenvalue weighted by molar-refractivity contribution is 6.34. The van der Waals surface area contributed by atoms with Crippen LogP contribution in [0.4, 0.5) is 0 Å². The van der Waals surface area contributed by atoms with Crippen molar-refractivity contribution in [3.63, 3.8) is 0 Å². The second kappa shape index (κ2) is 15.6. The number of methoxy groups -OCH3 is 1. The molecule has 4 fully saturated rings. The molecule has 1 aromatic rings. The van der Waals surface area contributed by atoms with E-state index in [1.807, 2.05) is 33.8 Å². The molecule has 8 heterocycles. The molecule has 6 N–H and O–H groups in total. The zero-order chi connectivity index (χ0) is 46.9. The van der Waals surface area contributed by atoms with Crippen molar-refractivity contribution in [3.05, 3.63) is 69.8 Å². The number of aliphatic hydroxyl groups excluding tert-OH is 1. The van der Waals surface area contributed by atoms with Crippen molar-refractivity contribution >= 4 is 29.2 Å². The van der Waals surface area contributed by atoms with Crippen molar-refractivity contribution in [2.24, 2.45) is 45.9 Å². The largest absolute Gasteiger partial charge is 0.507 e. The third-order valence-corrected chi connectivity index (χ3v) is 15.9. The molecular formula is C49H63N5O11. The first-order chi connectivity index (χ1) is 30.6. The number of phenolic OH excluding ortho intramolecular Hbond substituents is 1. The summed E-state index contributed by atoms with van der Waals surface area (Å²) in [6.45, 7) is 18.8. The zero-order valence-corrected chi connectivity index (χ0v) is 39.1. The van der Waals surface area contributed by atoms with Gasteiger partial charge in [0.1, 0.15) is 34.7 Å². The van der Waals surface area contributed by atoms with Gasteiger partial charge in [0.2, 0.25) is 5.78 Å². The van der Waals surface area contributed by atoms with Crippen LogP contribution in [0.3, 0.4) is 0 Å². The van der Waals surface area contributed by atoms with E-state index in [-0.39, 0.29) is 81.8 Å². The number of nitrogens with one attached hydrogen (secondary N) is 4. The number of esters is 1. The Morgan fingerprint density at radius 1 is 1.03 bits per heavy atom. The van der Waals surface area contributed by atoms with Crippen LogP contribution in [0.2, 0.25) is 0 Å². The van der Waals surface area contributed by atoms with Gasteiger partial charge in [-0.1, -0.05) is 59.8 Å². The number of carbonyl (C=O) groups is 4. The fourth-order valence-corrected chi connectivity index (χ4v) is 12.6. The number of amides is 1. The van der Waals surface area contributed by atoms with Crippen molar-refractivity contribution in [2.45, 2.75) is 130 Å². The van der Waals surface area contributed by atoms with Gasteiger partial charge in [0, 0.05) is 98.2 Å². The summed E-state index contributed by atoms with van der Waals surface area (Å²) in [5, 5.41) is 39.1. The molecule has 9 bridgehead atoms. The number of ketones is 2. The number of aliphatic imine (C=N–C) groups is 1. The molecule has 16 nitrogen and oxygen atoms in total. The Morgan fingerprint density at radius 2 is 1.77 bits per heavy atom. The summed E-state index contributed by atoms with van der Waals surface area (Å²) in [6, 6.07) is -0.939. The molecule has 350 valence electrons. The van der Waals surface area contributed by atoms with Gasteiger partial charge in [0.15, 0.2) is 0 Å². The van der Waals surface area contributed by atoms with Crippen LogP contribution in [0.1, 0.15) is 107 Å². The molecule has 1 aromatic carbocycles. The van der Waals surface area contributed by atoms with E-state index >= 15 is 4.79 Å². The number of aromatic hydroxyl groups is 1. The van der Waals surface area contributed by atoms with Crippen LogP contribution in [-0.4, -0.2) is 107 Å². The average Bonchev–Trinajstić information content (AvgIpc) is 3.72. The van der Waals surface area contributed by atoms with E-state index in [0.29, 0.717) is 18.5 Å². The lowest BCUT2D eigenvalue weighted by atomic mass is 9.58. The molecule has 0 radical (unpaired) electrons. The van der Waals surface area contributed by atoms with Gasteiger partial charge >= 0.3 is 11.8 Å². The summed E-state index contributed by atoms with van der Waals surface area (Å²) >= 11 is 0. The monoisotopic (exact) mass is 897 g/mol. The number of aliphatic hydroxyl groups is 1. The molecule has 16 heteroatoms. The van der Waals surface area contributed by atoms with Gasteiger partial charge in [-0.25, -0.2) is 0 Å². The van der Waals surface area contributed by atoms with E-state index < -0.39 is 94.0 Å². The summed E-state index contributed by atoms with van der Waals surface area (Å²) in [6.07, 6.45) is 6.47. The number of fused-ring (bicyclic) bond motifs is 3. The normalized spacial score (nSPS) is 41.0. The van der Waals surface area contributed by atoms with Gasteiger partial charge in [0.25, 0.3) is 11.7 Å². The van der Waals surface area contributed by atoms with E-state index in [2.05, 4.69) is 35.1 Å². The molecule has 0 saturated carbocycles. The Kier molecular flexibility index (Phi) is 10.9. The molecule has 1 amide bonds. The molecule has 13 atom stereocenters. The Hall–Kier alpha value is -4.87. The number of piperidine rings is 2. The minimum absolute atomic E-state index is 0.0216. The smallest absolute Gasteiger partial charge is 0.312 e. The maximum Gasteiger partial charge on any atom is 0.312 e.